The summed E-state index contributed by atoms with van der Waals surface area (Å²) in [5, 5.41) is 7.32. The zero-order chi connectivity index (χ0) is 14.5. The number of carbonyl (C=O) groups is 1. The summed E-state index contributed by atoms with van der Waals surface area (Å²) >= 11 is 12.0. The molecule has 0 fully saturated rings. The average molecular weight is 315 g/mol. The third kappa shape index (κ3) is 3.61. The minimum atomic E-state index is -0.596. The molecule has 8 heteroatoms. The number of benzene rings is 1. The summed E-state index contributed by atoms with van der Waals surface area (Å²) in [6.07, 6.45) is 1.78. The molecule has 20 heavy (non-hydrogen) atoms. The first kappa shape index (κ1) is 14.6. The molecule has 1 aromatic heterocycles. The highest BCUT2D eigenvalue weighted by atomic mass is 35.5. The van der Waals surface area contributed by atoms with E-state index in [9.17, 15) is 4.79 Å². The molecule has 0 spiro atoms. The Balaban J connectivity index is 2.27. The Kier molecular flexibility index (Phi) is 4.81. The second-order valence-corrected chi connectivity index (χ2v) is 4.77. The number of nitrogens with one attached hydrogen (secondary N) is 1. The van der Waals surface area contributed by atoms with E-state index >= 15 is 0 Å². The molecule has 1 amide bonds. The minimum Gasteiger partial charge on any atom is -0.439 e. The fraction of sp³-hybridized carbons (Fsp3) is 0.250. The van der Waals surface area contributed by atoms with Gasteiger partial charge in [-0.2, -0.15) is 5.10 Å². The SMILES string of the molecule is CNC(=O)OC(Cn1cncn1)c1ccc(Cl)cc1Cl. The van der Waals surface area contributed by atoms with Crippen LogP contribution in [0.3, 0.4) is 0 Å². The summed E-state index contributed by atoms with van der Waals surface area (Å²) in [5.41, 5.74) is 0.648. The normalized spacial score (nSPS) is 11.9. The Labute approximate surface area is 125 Å². The van der Waals surface area contributed by atoms with Crippen LogP contribution in [0.5, 0.6) is 0 Å². The highest BCUT2D eigenvalue weighted by Crippen LogP contribution is 2.29. The lowest BCUT2D eigenvalue weighted by Gasteiger charge is -2.19. The van der Waals surface area contributed by atoms with E-state index < -0.39 is 12.2 Å². The van der Waals surface area contributed by atoms with Crippen molar-refractivity contribution in [2.24, 2.45) is 0 Å². The molecule has 1 heterocycles. The van der Waals surface area contributed by atoms with E-state index in [1.165, 1.54) is 19.7 Å². The van der Waals surface area contributed by atoms with Gasteiger partial charge >= 0.3 is 6.09 Å². The molecule has 0 aliphatic heterocycles. The summed E-state index contributed by atoms with van der Waals surface area (Å²) in [6.45, 7) is 0.300. The van der Waals surface area contributed by atoms with E-state index in [1.54, 1.807) is 22.9 Å². The third-order valence-corrected chi connectivity index (χ3v) is 3.14. The van der Waals surface area contributed by atoms with Crippen LogP contribution in [0.15, 0.2) is 30.9 Å². The van der Waals surface area contributed by atoms with Crippen LogP contribution in [0.2, 0.25) is 10.0 Å². The molecule has 1 N–H and O–H groups in total. The highest BCUT2D eigenvalue weighted by molar-refractivity contribution is 6.35. The van der Waals surface area contributed by atoms with Crippen LogP contribution < -0.4 is 5.32 Å². The molecular formula is C12H12Cl2N4O2. The van der Waals surface area contributed by atoms with Crippen molar-refractivity contribution < 1.29 is 9.53 Å². The van der Waals surface area contributed by atoms with Crippen LogP contribution in [0, 0.1) is 0 Å². The van der Waals surface area contributed by atoms with Crippen molar-refractivity contribution in [2.45, 2.75) is 12.6 Å². The van der Waals surface area contributed by atoms with Crippen LogP contribution in [0.25, 0.3) is 0 Å². The number of ether oxygens (including phenoxy) is 1. The maximum Gasteiger partial charge on any atom is 0.407 e. The average Bonchev–Trinajstić information content (AvgIpc) is 2.91. The highest BCUT2D eigenvalue weighted by Gasteiger charge is 2.20. The summed E-state index contributed by atoms with van der Waals surface area (Å²) in [4.78, 5) is 15.3. The number of carbonyl (C=O) groups excluding carboxylic acids is 1. The number of halogens is 2. The van der Waals surface area contributed by atoms with Gasteiger partial charge in [-0.1, -0.05) is 29.3 Å². The van der Waals surface area contributed by atoms with E-state index in [2.05, 4.69) is 15.4 Å². The lowest BCUT2D eigenvalue weighted by atomic mass is 10.1. The summed E-state index contributed by atoms with van der Waals surface area (Å²) in [7, 11) is 1.48. The monoisotopic (exact) mass is 314 g/mol. The maximum atomic E-state index is 11.5. The summed E-state index contributed by atoms with van der Waals surface area (Å²) < 4.78 is 6.87. The van der Waals surface area contributed by atoms with E-state index in [0.29, 0.717) is 22.2 Å². The van der Waals surface area contributed by atoms with Gasteiger partial charge < -0.3 is 10.1 Å². The van der Waals surface area contributed by atoms with Gasteiger partial charge in [0.2, 0.25) is 0 Å². The zero-order valence-electron chi connectivity index (χ0n) is 10.6. The molecule has 1 atom stereocenters. The number of nitrogens with zero attached hydrogens (tertiary/aromatic N) is 3. The van der Waals surface area contributed by atoms with Crippen molar-refractivity contribution in [3.63, 3.8) is 0 Å². The Hall–Kier alpha value is -1.79. The Bertz CT molecular complexity index is 589. The predicted octanol–water partition coefficient (Wildman–Crippen LogP) is 2.68. The number of rotatable bonds is 4. The zero-order valence-corrected chi connectivity index (χ0v) is 12.1. The number of hydrogen-bond donors (Lipinski definition) is 1. The van der Waals surface area contributed by atoms with Gasteiger partial charge in [0, 0.05) is 22.7 Å². The van der Waals surface area contributed by atoms with E-state index in [4.69, 9.17) is 27.9 Å². The molecular weight excluding hydrogens is 303 g/mol. The molecule has 1 aromatic carbocycles. The summed E-state index contributed by atoms with van der Waals surface area (Å²) in [6, 6.07) is 5.00. The van der Waals surface area contributed by atoms with Crippen LogP contribution >= 0.6 is 23.2 Å². The smallest absolute Gasteiger partial charge is 0.407 e. The first-order chi connectivity index (χ1) is 9.60. The van der Waals surface area contributed by atoms with Gasteiger partial charge in [0.05, 0.1) is 6.54 Å². The van der Waals surface area contributed by atoms with Crippen LogP contribution in [-0.2, 0) is 11.3 Å². The second kappa shape index (κ2) is 6.58. The van der Waals surface area contributed by atoms with Gasteiger partial charge in [-0.05, 0) is 12.1 Å². The van der Waals surface area contributed by atoms with E-state index in [1.807, 2.05) is 0 Å². The van der Waals surface area contributed by atoms with Gasteiger partial charge in [0.25, 0.3) is 0 Å². The molecule has 106 valence electrons. The topological polar surface area (TPSA) is 69.0 Å². The van der Waals surface area contributed by atoms with E-state index in [0.717, 1.165) is 0 Å². The van der Waals surface area contributed by atoms with Crippen molar-refractivity contribution in [3.8, 4) is 0 Å². The Morgan fingerprint density at radius 1 is 1.50 bits per heavy atom. The van der Waals surface area contributed by atoms with Gasteiger partial charge in [0.15, 0.2) is 0 Å². The maximum absolute atomic E-state index is 11.5. The van der Waals surface area contributed by atoms with Crippen molar-refractivity contribution in [2.75, 3.05) is 7.05 Å². The molecule has 0 aliphatic carbocycles. The predicted molar refractivity (Wildman–Crippen MR) is 74.8 cm³/mol. The largest absolute Gasteiger partial charge is 0.439 e. The minimum absolute atomic E-state index is 0.300. The van der Waals surface area contributed by atoms with Crippen molar-refractivity contribution in [1.29, 1.82) is 0 Å². The standard InChI is InChI=1S/C12H12Cl2N4O2/c1-15-12(19)20-11(5-18-7-16-6-17-18)9-3-2-8(13)4-10(9)14/h2-4,6-7,11H,5H2,1H3,(H,15,19). The molecule has 2 rings (SSSR count). The molecule has 0 saturated carbocycles. The van der Waals surface area contributed by atoms with Crippen molar-refractivity contribution in [3.05, 3.63) is 46.5 Å². The summed E-state index contributed by atoms with van der Waals surface area (Å²) in [5.74, 6) is 0. The fourth-order valence-electron chi connectivity index (χ4n) is 1.65. The molecule has 1 unspecified atom stereocenters. The van der Waals surface area contributed by atoms with Crippen LogP contribution in [0.1, 0.15) is 11.7 Å². The molecule has 2 aromatic rings. The fourth-order valence-corrected chi connectivity index (χ4v) is 2.18. The number of alkyl carbamates (subject to hydrolysis) is 1. The second-order valence-electron chi connectivity index (χ2n) is 3.93. The Morgan fingerprint density at radius 3 is 2.90 bits per heavy atom. The van der Waals surface area contributed by atoms with E-state index in [-0.39, 0.29) is 0 Å². The van der Waals surface area contributed by atoms with Gasteiger partial charge in [-0.3, -0.25) is 0 Å². The first-order valence-corrected chi connectivity index (χ1v) is 6.51. The molecule has 0 aliphatic rings. The van der Waals surface area contributed by atoms with Gasteiger partial charge in [0.1, 0.15) is 18.8 Å². The Morgan fingerprint density at radius 2 is 2.30 bits per heavy atom. The quantitative estimate of drug-likeness (QED) is 0.942. The van der Waals surface area contributed by atoms with Crippen molar-refractivity contribution >= 4 is 29.3 Å². The van der Waals surface area contributed by atoms with Gasteiger partial charge in [-0.25, -0.2) is 14.5 Å². The third-order valence-electron chi connectivity index (χ3n) is 2.58. The van der Waals surface area contributed by atoms with Crippen molar-refractivity contribution in [1.82, 2.24) is 20.1 Å². The molecule has 6 nitrogen and oxygen atoms in total. The number of hydrogen-bond acceptors (Lipinski definition) is 4. The molecule has 0 saturated heterocycles. The van der Waals surface area contributed by atoms with Gasteiger partial charge in [-0.15, -0.1) is 0 Å². The van der Waals surface area contributed by atoms with Crippen LogP contribution in [0.4, 0.5) is 4.79 Å². The van der Waals surface area contributed by atoms with Crippen LogP contribution in [-0.4, -0.2) is 27.9 Å². The molecule has 0 bridgehead atoms. The first-order valence-electron chi connectivity index (χ1n) is 5.76. The lowest BCUT2D eigenvalue weighted by Crippen LogP contribution is -2.24. The molecule has 0 radical (unpaired) electrons. The number of aromatic nitrogens is 3. The number of amides is 1. The lowest BCUT2D eigenvalue weighted by molar-refractivity contribution is 0.0868.